The van der Waals surface area contributed by atoms with Gasteiger partial charge < -0.3 is 25.2 Å². The van der Waals surface area contributed by atoms with Gasteiger partial charge in [-0.3, -0.25) is 0 Å². The van der Waals surface area contributed by atoms with Crippen LogP contribution in [0.4, 0.5) is 4.79 Å². The minimum absolute atomic E-state index is 0.113. The molecule has 0 radical (unpaired) electrons. The van der Waals surface area contributed by atoms with Crippen LogP contribution in [0.1, 0.15) is 26.7 Å². The molecule has 20 heavy (non-hydrogen) atoms. The highest BCUT2D eigenvalue weighted by atomic mass is 16.5. The van der Waals surface area contributed by atoms with Crippen molar-refractivity contribution in [3.05, 3.63) is 0 Å². The number of carboxylic acids is 1. The first kappa shape index (κ1) is 18.7. The predicted octanol–water partition coefficient (Wildman–Crippen LogP) is 0.838. The van der Waals surface area contributed by atoms with E-state index in [1.165, 1.54) is 7.11 Å². The highest BCUT2D eigenvalue weighted by Crippen LogP contribution is 2.18. The van der Waals surface area contributed by atoms with Crippen molar-refractivity contribution in [2.24, 2.45) is 5.41 Å². The van der Waals surface area contributed by atoms with Crippen LogP contribution in [0.25, 0.3) is 0 Å². The van der Waals surface area contributed by atoms with Gasteiger partial charge in [-0.05, 0) is 11.8 Å². The first-order valence-corrected chi connectivity index (χ1v) is 6.57. The smallest absolute Gasteiger partial charge is 0.326 e. The molecule has 0 aromatic carbocycles. The molecule has 0 fully saturated rings. The molecule has 7 heteroatoms. The number of carbonyl (C=O) groups is 2. The van der Waals surface area contributed by atoms with E-state index in [0.29, 0.717) is 13.2 Å². The number of ether oxygens (including phenoxy) is 2. The van der Waals surface area contributed by atoms with Gasteiger partial charge in [0.2, 0.25) is 0 Å². The van der Waals surface area contributed by atoms with Gasteiger partial charge in [0.15, 0.2) is 0 Å². The van der Waals surface area contributed by atoms with Crippen molar-refractivity contribution < 1.29 is 24.2 Å². The molecule has 3 N–H and O–H groups in total. The molecule has 0 aliphatic heterocycles. The lowest BCUT2D eigenvalue weighted by atomic mass is 9.90. The van der Waals surface area contributed by atoms with Crippen molar-refractivity contribution in [3.8, 4) is 0 Å². The number of carbonyl (C=O) groups excluding carboxylic acids is 1. The Morgan fingerprint density at radius 2 is 1.80 bits per heavy atom. The molecule has 0 rings (SSSR count). The topological polar surface area (TPSA) is 96.9 Å². The highest BCUT2D eigenvalue weighted by molar-refractivity contribution is 5.82. The van der Waals surface area contributed by atoms with Crippen LogP contribution in [0, 0.1) is 5.41 Å². The Bertz CT molecular complexity index is 307. The molecule has 0 aliphatic carbocycles. The van der Waals surface area contributed by atoms with Gasteiger partial charge in [0, 0.05) is 40.4 Å². The van der Waals surface area contributed by atoms with E-state index in [0.717, 1.165) is 6.42 Å². The van der Waals surface area contributed by atoms with Gasteiger partial charge in [0.25, 0.3) is 0 Å². The fraction of sp³-hybridized carbons (Fsp3) is 0.846. The second-order valence-electron chi connectivity index (χ2n) is 5.41. The van der Waals surface area contributed by atoms with Crippen molar-refractivity contribution in [2.75, 3.05) is 34.0 Å². The van der Waals surface area contributed by atoms with E-state index in [4.69, 9.17) is 14.6 Å². The highest BCUT2D eigenvalue weighted by Gasteiger charge is 2.22. The molecule has 0 aromatic heterocycles. The Morgan fingerprint density at radius 3 is 2.30 bits per heavy atom. The zero-order chi connectivity index (χ0) is 15.6. The third-order valence-electron chi connectivity index (χ3n) is 2.92. The summed E-state index contributed by atoms with van der Waals surface area (Å²) in [6.45, 7) is 5.34. The van der Waals surface area contributed by atoms with Gasteiger partial charge in [0.05, 0.1) is 0 Å². The van der Waals surface area contributed by atoms with Crippen LogP contribution < -0.4 is 10.6 Å². The van der Waals surface area contributed by atoms with E-state index in [9.17, 15) is 9.59 Å². The number of hydrogen-bond acceptors (Lipinski definition) is 4. The van der Waals surface area contributed by atoms with E-state index in [2.05, 4.69) is 10.6 Å². The number of carboxylic acid groups (broad SMARTS) is 1. The first-order chi connectivity index (χ1) is 9.32. The molecule has 0 saturated heterocycles. The van der Waals surface area contributed by atoms with Crippen molar-refractivity contribution in [1.29, 1.82) is 0 Å². The van der Waals surface area contributed by atoms with Crippen LogP contribution in [0.3, 0.4) is 0 Å². The third-order valence-corrected chi connectivity index (χ3v) is 2.92. The lowest BCUT2D eigenvalue weighted by molar-refractivity contribution is -0.139. The fourth-order valence-corrected chi connectivity index (χ4v) is 1.49. The molecule has 7 nitrogen and oxygen atoms in total. The van der Waals surface area contributed by atoms with E-state index >= 15 is 0 Å². The predicted molar refractivity (Wildman–Crippen MR) is 74.7 cm³/mol. The van der Waals surface area contributed by atoms with Crippen LogP contribution >= 0.6 is 0 Å². The van der Waals surface area contributed by atoms with Crippen LogP contribution in [0.2, 0.25) is 0 Å². The third kappa shape index (κ3) is 8.71. The Kier molecular flexibility index (Phi) is 8.91. The average Bonchev–Trinajstić information content (AvgIpc) is 2.38. The largest absolute Gasteiger partial charge is 0.480 e. The molecule has 1 atom stereocenters. The maximum Gasteiger partial charge on any atom is 0.326 e. The standard InChI is InChI=1S/C13H26N2O5/c1-13(2,6-8-20-4)9-14-12(18)15-10(11(16)17)5-7-19-3/h10H,5-9H2,1-4H3,(H,16,17)(H2,14,15,18). The van der Waals surface area contributed by atoms with E-state index < -0.39 is 18.0 Å². The maximum atomic E-state index is 11.7. The van der Waals surface area contributed by atoms with E-state index in [1.807, 2.05) is 13.8 Å². The molecule has 2 amide bonds. The maximum absolute atomic E-state index is 11.7. The second-order valence-corrected chi connectivity index (χ2v) is 5.41. The van der Waals surface area contributed by atoms with Crippen molar-refractivity contribution >= 4 is 12.0 Å². The minimum atomic E-state index is -1.07. The number of rotatable bonds is 10. The van der Waals surface area contributed by atoms with Gasteiger partial charge in [-0.15, -0.1) is 0 Å². The second kappa shape index (κ2) is 9.55. The summed E-state index contributed by atoms with van der Waals surface area (Å²) < 4.78 is 9.82. The van der Waals surface area contributed by atoms with Crippen LogP contribution in [-0.2, 0) is 14.3 Å². The molecule has 118 valence electrons. The van der Waals surface area contributed by atoms with Gasteiger partial charge in [-0.1, -0.05) is 13.8 Å². The SMILES string of the molecule is COCCC(NC(=O)NCC(C)(C)CCOC)C(=O)O. The van der Waals surface area contributed by atoms with Crippen molar-refractivity contribution in [1.82, 2.24) is 10.6 Å². The van der Waals surface area contributed by atoms with E-state index in [-0.39, 0.29) is 18.4 Å². The number of amides is 2. The molecule has 0 heterocycles. The lowest BCUT2D eigenvalue weighted by Crippen LogP contribution is -2.48. The number of methoxy groups -OCH3 is 2. The summed E-state index contributed by atoms with van der Waals surface area (Å²) in [5.74, 6) is -1.07. The summed E-state index contributed by atoms with van der Waals surface area (Å²) in [5.41, 5.74) is -0.113. The van der Waals surface area contributed by atoms with Gasteiger partial charge in [-0.2, -0.15) is 0 Å². The summed E-state index contributed by atoms with van der Waals surface area (Å²) in [6.07, 6.45) is 1.03. The number of hydrogen-bond donors (Lipinski definition) is 3. The lowest BCUT2D eigenvalue weighted by Gasteiger charge is -2.25. The van der Waals surface area contributed by atoms with Gasteiger partial charge in [-0.25, -0.2) is 9.59 Å². The van der Waals surface area contributed by atoms with Crippen LogP contribution in [0.5, 0.6) is 0 Å². The Hall–Kier alpha value is -1.34. The Balaban J connectivity index is 4.15. The number of nitrogens with one attached hydrogen (secondary N) is 2. The normalized spacial score (nSPS) is 12.8. The fourth-order valence-electron chi connectivity index (χ4n) is 1.49. The van der Waals surface area contributed by atoms with Crippen molar-refractivity contribution in [3.63, 3.8) is 0 Å². The summed E-state index contributed by atoms with van der Waals surface area (Å²) in [4.78, 5) is 22.7. The quantitative estimate of drug-likeness (QED) is 0.554. The van der Waals surface area contributed by atoms with Gasteiger partial charge in [0.1, 0.15) is 6.04 Å². The van der Waals surface area contributed by atoms with Gasteiger partial charge >= 0.3 is 12.0 Å². The molecule has 1 unspecified atom stereocenters. The monoisotopic (exact) mass is 290 g/mol. The molecule has 0 saturated carbocycles. The Labute approximate surface area is 120 Å². The number of aliphatic carboxylic acids is 1. The Morgan fingerprint density at radius 1 is 1.20 bits per heavy atom. The minimum Gasteiger partial charge on any atom is -0.480 e. The average molecular weight is 290 g/mol. The molecule has 0 spiro atoms. The van der Waals surface area contributed by atoms with Crippen LogP contribution in [-0.4, -0.2) is 57.1 Å². The molecule has 0 aromatic rings. The molecular formula is C13H26N2O5. The zero-order valence-corrected chi connectivity index (χ0v) is 12.7. The summed E-state index contributed by atoms with van der Waals surface area (Å²) in [5, 5.41) is 14.1. The summed E-state index contributed by atoms with van der Waals surface area (Å²) in [6, 6.07) is -1.43. The first-order valence-electron chi connectivity index (χ1n) is 6.57. The molecule has 0 aliphatic rings. The summed E-state index contributed by atoms with van der Waals surface area (Å²) in [7, 11) is 3.11. The van der Waals surface area contributed by atoms with Crippen molar-refractivity contribution in [2.45, 2.75) is 32.7 Å². The van der Waals surface area contributed by atoms with E-state index in [1.54, 1.807) is 7.11 Å². The zero-order valence-electron chi connectivity index (χ0n) is 12.7. The molecular weight excluding hydrogens is 264 g/mol. The molecule has 0 bridgehead atoms. The van der Waals surface area contributed by atoms with Crippen LogP contribution in [0.15, 0.2) is 0 Å². The summed E-state index contributed by atoms with van der Waals surface area (Å²) >= 11 is 0. The number of urea groups is 1.